The molecular formula is C21H25ClN2O2S. The van der Waals surface area contributed by atoms with Gasteiger partial charge in [0.15, 0.2) is 0 Å². The number of thiophene rings is 1. The van der Waals surface area contributed by atoms with Crippen molar-refractivity contribution in [3.63, 3.8) is 0 Å². The molecule has 0 N–H and O–H groups in total. The second-order valence-electron chi connectivity index (χ2n) is 6.72. The van der Waals surface area contributed by atoms with E-state index in [1.165, 1.54) is 0 Å². The second-order valence-corrected chi connectivity index (χ2v) is 8.18. The molecule has 1 aliphatic heterocycles. The van der Waals surface area contributed by atoms with Crippen molar-refractivity contribution in [1.29, 1.82) is 0 Å². The molecule has 0 unspecified atom stereocenters. The van der Waals surface area contributed by atoms with Gasteiger partial charge in [-0.25, -0.2) is 0 Å². The van der Waals surface area contributed by atoms with Crippen LogP contribution in [0.25, 0.3) is 16.2 Å². The molecule has 3 rings (SSSR count). The monoisotopic (exact) mass is 404 g/mol. The third kappa shape index (κ3) is 4.36. The van der Waals surface area contributed by atoms with Crippen molar-refractivity contribution in [2.45, 2.75) is 26.7 Å². The summed E-state index contributed by atoms with van der Waals surface area (Å²) < 4.78 is 1.12. The van der Waals surface area contributed by atoms with Crippen molar-refractivity contribution in [2.24, 2.45) is 5.92 Å². The molecule has 2 heterocycles. The van der Waals surface area contributed by atoms with Crippen molar-refractivity contribution >= 4 is 50.9 Å². The van der Waals surface area contributed by atoms with Gasteiger partial charge in [-0.15, -0.1) is 11.3 Å². The summed E-state index contributed by atoms with van der Waals surface area (Å²) in [5, 5.41) is 1.72. The van der Waals surface area contributed by atoms with E-state index in [1.807, 2.05) is 54.0 Å². The van der Waals surface area contributed by atoms with Gasteiger partial charge in [0.2, 0.25) is 11.8 Å². The van der Waals surface area contributed by atoms with Gasteiger partial charge in [0.05, 0.1) is 5.02 Å². The minimum Gasteiger partial charge on any atom is -0.343 e. The Morgan fingerprint density at radius 1 is 1.22 bits per heavy atom. The van der Waals surface area contributed by atoms with Gasteiger partial charge in [-0.05, 0) is 38.8 Å². The normalized spacial score (nSPS) is 15.6. The fraction of sp³-hybridized carbons (Fsp3) is 0.429. The van der Waals surface area contributed by atoms with E-state index in [0.717, 1.165) is 40.9 Å². The lowest BCUT2D eigenvalue weighted by Gasteiger charge is -2.33. The topological polar surface area (TPSA) is 40.6 Å². The molecule has 2 aromatic rings. The largest absolute Gasteiger partial charge is 0.343 e. The molecule has 6 heteroatoms. The fourth-order valence-corrected chi connectivity index (χ4v) is 4.93. The molecule has 27 heavy (non-hydrogen) atoms. The Balaban J connectivity index is 1.60. The molecule has 1 aliphatic rings. The first-order valence-electron chi connectivity index (χ1n) is 9.48. The van der Waals surface area contributed by atoms with Crippen molar-refractivity contribution < 1.29 is 9.59 Å². The van der Waals surface area contributed by atoms with E-state index in [0.29, 0.717) is 18.1 Å². The van der Waals surface area contributed by atoms with Crippen LogP contribution in [0.5, 0.6) is 0 Å². The Labute approximate surface area is 169 Å². The minimum absolute atomic E-state index is 0.0164. The van der Waals surface area contributed by atoms with Crippen LogP contribution in [0.4, 0.5) is 0 Å². The molecule has 1 aromatic carbocycles. The summed E-state index contributed by atoms with van der Waals surface area (Å²) in [6.07, 6.45) is 4.88. The molecule has 2 amide bonds. The maximum Gasteiger partial charge on any atom is 0.246 e. The van der Waals surface area contributed by atoms with Crippen LogP contribution in [0.2, 0.25) is 5.02 Å². The van der Waals surface area contributed by atoms with Crippen LogP contribution in [0, 0.1) is 5.92 Å². The average molecular weight is 405 g/mol. The number of likely N-dealkylation sites (tertiary alicyclic amines) is 1. The number of hydrogen-bond acceptors (Lipinski definition) is 3. The highest BCUT2D eigenvalue weighted by Crippen LogP contribution is 2.36. The summed E-state index contributed by atoms with van der Waals surface area (Å²) in [7, 11) is 0. The lowest BCUT2D eigenvalue weighted by molar-refractivity contribution is -0.139. The number of piperidine rings is 1. The SMILES string of the molecule is CCN(CC)C(=O)C1CCN(C(=O)/C=C/c2sc3ccccc3c2Cl)CC1. The maximum absolute atomic E-state index is 12.5. The van der Waals surface area contributed by atoms with Gasteiger partial charge >= 0.3 is 0 Å². The van der Waals surface area contributed by atoms with Crippen molar-refractivity contribution in [1.82, 2.24) is 9.80 Å². The Morgan fingerprint density at radius 3 is 2.52 bits per heavy atom. The highest BCUT2D eigenvalue weighted by molar-refractivity contribution is 7.20. The molecule has 0 bridgehead atoms. The summed E-state index contributed by atoms with van der Waals surface area (Å²) in [6.45, 7) is 6.75. The van der Waals surface area contributed by atoms with E-state index in [4.69, 9.17) is 11.6 Å². The highest BCUT2D eigenvalue weighted by atomic mass is 35.5. The van der Waals surface area contributed by atoms with E-state index in [2.05, 4.69) is 0 Å². The molecule has 0 spiro atoms. The second kappa shape index (κ2) is 8.89. The Kier molecular flexibility index (Phi) is 6.55. The first kappa shape index (κ1) is 19.9. The van der Waals surface area contributed by atoms with Crippen LogP contribution in [0.3, 0.4) is 0 Å². The molecule has 144 valence electrons. The van der Waals surface area contributed by atoms with Crippen LogP contribution >= 0.6 is 22.9 Å². The summed E-state index contributed by atoms with van der Waals surface area (Å²) in [6, 6.07) is 7.97. The number of rotatable bonds is 5. The average Bonchev–Trinajstić information content (AvgIpc) is 3.03. The highest BCUT2D eigenvalue weighted by Gasteiger charge is 2.28. The van der Waals surface area contributed by atoms with Crippen LogP contribution in [0.15, 0.2) is 30.3 Å². The van der Waals surface area contributed by atoms with E-state index in [9.17, 15) is 9.59 Å². The van der Waals surface area contributed by atoms with E-state index >= 15 is 0 Å². The number of amides is 2. The van der Waals surface area contributed by atoms with Gasteiger partial charge in [-0.2, -0.15) is 0 Å². The van der Waals surface area contributed by atoms with Crippen LogP contribution in [0.1, 0.15) is 31.6 Å². The Bertz CT molecular complexity index is 849. The van der Waals surface area contributed by atoms with Crippen LogP contribution < -0.4 is 0 Å². The molecule has 0 radical (unpaired) electrons. The summed E-state index contributed by atoms with van der Waals surface area (Å²) in [5.74, 6) is 0.243. The lowest BCUT2D eigenvalue weighted by Crippen LogP contribution is -2.44. The Hall–Kier alpha value is -1.85. The number of carbonyl (C=O) groups excluding carboxylic acids is 2. The zero-order valence-electron chi connectivity index (χ0n) is 15.8. The first-order valence-corrected chi connectivity index (χ1v) is 10.7. The predicted molar refractivity (Wildman–Crippen MR) is 113 cm³/mol. The van der Waals surface area contributed by atoms with Gasteiger partial charge in [-0.3, -0.25) is 9.59 Å². The number of halogens is 1. The summed E-state index contributed by atoms with van der Waals surface area (Å²) >= 11 is 8.01. The molecule has 1 fully saturated rings. The van der Waals surface area contributed by atoms with Crippen LogP contribution in [-0.2, 0) is 9.59 Å². The molecule has 0 aliphatic carbocycles. The smallest absolute Gasteiger partial charge is 0.246 e. The lowest BCUT2D eigenvalue weighted by atomic mass is 9.95. The van der Waals surface area contributed by atoms with Gasteiger partial charge in [0, 0.05) is 53.1 Å². The van der Waals surface area contributed by atoms with Gasteiger partial charge in [-0.1, -0.05) is 29.8 Å². The van der Waals surface area contributed by atoms with Crippen LogP contribution in [-0.4, -0.2) is 47.8 Å². The van der Waals surface area contributed by atoms with Gasteiger partial charge in [0.25, 0.3) is 0 Å². The van der Waals surface area contributed by atoms with E-state index in [1.54, 1.807) is 17.4 Å². The number of benzene rings is 1. The van der Waals surface area contributed by atoms with Gasteiger partial charge < -0.3 is 9.80 Å². The zero-order valence-corrected chi connectivity index (χ0v) is 17.4. The quantitative estimate of drug-likeness (QED) is 0.679. The molecule has 4 nitrogen and oxygen atoms in total. The summed E-state index contributed by atoms with van der Waals surface area (Å²) in [5.41, 5.74) is 0. The Morgan fingerprint density at radius 2 is 1.89 bits per heavy atom. The molecule has 0 atom stereocenters. The number of fused-ring (bicyclic) bond motifs is 1. The maximum atomic E-state index is 12.5. The first-order chi connectivity index (χ1) is 13.0. The van der Waals surface area contributed by atoms with Crippen molar-refractivity contribution in [3.05, 3.63) is 40.2 Å². The molecule has 0 saturated carbocycles. The van der Waals surface area contributed by atoms with Crippen molar-refractivity contribution in [3.8, 4) is 0 Å². The number of nitrogens with zero attached hydrogens (tertiary/aromatic N) is 2. The number of carbonyl (C=O) groups is 2. The molecular weight excluding hydrogens is 380 g/mol. The standard InChI is InChI=1S/C21H25ClN2O2S/c1-3-23(4-2)21(26)15-11-13-24(14-12-15)19(25)10-9-18-20(22)16-7-5-6-8-17(16)27-18/h5-10,15H,3-4,11-14H2,1-2H3/b10-9+. The minimum atomic E-state index is -0.0164. The van der Waals surface area contributed by atoms with Crippen molar-refractivity contribution in [2.75, 3.05) is 26.2 Å². The molecule has 1 aromatic heterocycles. The van der Waals surface area contributed by atoms with E-state index in [-0.39, 0.29) is 17.7 Å². The third-order valence-corrected chi connectivity index (χ3v) is 6.82. The zero-order chi connectivity index (χ0) is 19.4. The van der Waals surface area contributed by atoms with E-state index < -0.39 is 0 Å². The molecule has 1 saturated heterocycles. The fourth-order valence-electron chi connectivity index (χ4n) is 3.53. The van der Waals surface area contributed by atoms with Gasteiger partial charge in [0.1, 0.15) is 0 Å². The predicted octanol–water partition coefficient (Wildman–Crippen LogP) is 4.67. The summed E-state index contributed by atoms with van der Waals surface area (Å²) in [4.78, 5) is 29.6. The number of hydrogen-bond donors (Lipinski definition) is 0. The third-order valence-electron chi connectivity index (χ3n) is 5.17.